The van der Waals surface area contributed by atoms with Gasteiger partial charge in [-0.25, -0.2) is 0 Å². The molecule has 3 rings (SSSR count). The molecule has 112 valence electrons. The molecule has 0 amide bonds. The lowest BCUT2D eigenvalue weighted by molar-refractivity contribution is 0.0343. The zero-order chi connectivity index (χ0) is 15.0. The highest BCUT2D eigenvalue weighted by atomic mass is 32.1. The van der Waals surface area contributed by atoms with Crippen molar-refractivity contribution in [3.05, 3.63) is 94.2 Å². The van der Waals surface area contributed by atoms with Gasteiger partial charge in [0.05, 0.1) is 12.7 Å². The molecule has 0 aliphatic rings. The van der Waals surface area contributed by atoms with E-state index in [1.165, 1.54) is 16.7 Å². The second-order valence-electron chi connectivity index (χ2n) is 5.37. The van der Waals surface area contributed by atoms with Crippen LogP contribution in [0.3, 0.4) is 0 Å². The summed E-state index contributed by atoms with van der Waals surface area (Å²) in [6.45, 7) is 0.663. The summed E-state index contributed by atoms with van der Waals surface area (Å²) in [5.41, 5.74) is 3.88. The summed E-state index contributed by atoms with van der Waals surface area (Å²) in [6.07, 6.45) is 2.20. The normalized spacial score (nSPS) is 12.2. The smallest absolute Gasteiger partial charge is 0.0840 e. The molecular formula is C20H20OS. The summed E-state index contributed by atoms with van der Waals surface area (Å²) in [4.78, 5) is 0. The second kappa shape index (κ2) is 7.92. The molecule has 0 saturated heterocycles. The SMILES string of the molecule is c1ccc(CCC(OCc2ccccc2)c2ccsc2)cc1. The van der Waals surface area contributed by atoms with Gasteiger partial charge in [0.2, 0.25) is 0 Å². The highest BCUT2D eigenvalue weighted by molar-refractivity contribution is 7.07. The van der Waals surface area contributed by atoms with Crippen LogP contribution < -0.4 is 0 Å². The van der Waals surface area contributed by atoms with Gasteiger partial charge in [0.1, 0.15) is 0 Å². The van der Waals surface area contributed by atoms with Crippen molar-refractivity contribution in [1.82, 2.24) is 0 Å². The number of thiophene rings is 1. The molecular weight excluding hydrogens is 288 g/mol. The Balaban J connectivity index is 1.63. The number of benzene rings is 2. The van der Waals surface area contributed by atoms with Crippen molar-refractivity contribution in [3.63, 3.8) is 0 Å². The molecule has 0 N–H and O–H groups in total. The van der Waals surface area contributed by atoms with Crippen LogP contribution in [0.15, 0.2) is 77.5 Å². The summed E-state index contributed by atoms with van der Waals surface area (Å²) in [7, 11) is 0. The minimum absolute atomic E-state index is 0.159. The fourth-order valence-electron chi connectivity index (χ4n) is 2.52. The molecule has 1 atom stereocenters. The Labute approximate surface area is 136 Å². The van der Waals surface area contributed by atoms with Crippen LogP contribution in [0.5, 0.6) is 0 Å². The van der Waals surface area contributed by atoms with Crippen molar-refractivity contribution < 1.29 is 4.74 Å². The van der Waals surface area contributed by atoms with E-state index >= 15 is 0 Å². The van der Waals surface area contributed by atoms with E-state index in [9.17, 15) is 0 Å². The molecule has 1 aromatic heterocycles. The predicted molar refractivity (Wildman–Crippen MR) is 93.1 cm³/mol. The first-order chi connectivity index (χ1) is 10.9. The van der Waals surface area contributed by atoms with Gasteiger partial charge in [0.25, 0.3) is 0 Å². The summed E-state index contributed by atoms with van der Waals surface area (Å²) in [5.74, 6) is 0. The van der Waals surface area contributed by atoms with Crippen LogP contribution in [0.1, 0.15) is 29.2 Å². The molecule has 1 heterocycles. The van der Waals surface area contributed by atoms with Crippen molar-refractivity contribution in [2.75, 3.05) is 0 Å². The predicted octanol–water partition coefficient (Wildman–Crippen LogP) is 5.64. The van der Waals surface area contributed by atoms with Crippen LogP contribution in [-0.4, -0.2) is 0 Å². The first kappa shape index (κ1) is 15.0. The Morgan fingerprint density at radius 2 is 1.50 bits per heavy atom. The number of rotatable bonds is 7. The maximum Gasteiger partial charge on any atom is 0.0840 e. The van der Waals surface area contributed by atoms with Crippen molar-refractivity contribution in [2.45, 2.75) is 25.6 Å². The first-order valence-electron chi connectivity index (χ1n) is 7.63. The van der Waals surface area contributed by atoms with Crippen LogP contribution in [0.4, 0.5) is 0 Å². The molecule has 2 heteroatoms. The molecule has 0 fully saturated rings. The molecule has 0 bridgehead atoms. The zero-order valence-electron chi connectivity index (χ0n) is 12.5. The van der Waals surface area contributed by atoms with E-state index in [2.05, 4.69) is 71.4 Å². The molecule has 1 nitrogen and oxygen atoms in total. The fraction of sp³-hybridized carbons (Fsp3) is 0.200. The average molecular weight is 308 g/mol. The van der Waals surface area contributed by atoms with Gasteiger partial charge in [0.15, 0.2) is 0 Å². The number of hydrogen-bond donors (Lipinski definition) is 0. The van der Waals surface area contributed by atoms with Crippen LogP contribution in [0, 0.1) is 0 Å². The Bertz CT molecular complexity index is 603. The van der Waals surface area contributed by atoms with E-state index in [1.807, 2.05) is 6.07 Å². The molecule has 3 aromatic rings. The fourth-order valence-corrected chi connectivity index (χ4v) is 3.22. The van der Waals surface area contributed by atoms with E-state index in [0.29, 0.717) is 6.61 Å². The first-order valence-corrected chi connectivity index (χ1v) is 8.57. The van der Waals surface area contributed by atoms with Crippen molar-refractivity contribution in [2.24, 2.45) is 0 Å². The van der Waals surface area contributed by atoms with Gasteiger partial charge in [-0.1, -0.05) is 60.7 Å². The van der Waals surface area contributed by atoms with Gasteiger partial charge in [0, 0.05) is 0 Å². The van der Waals surface area contributed by atoms with Crippen LogP contribution in [-0.2, 0) is 17.8 Å². The van der Waals surface area contributed by atoms with Gasteiger partial charge < -0.3 is 4.74 Å². The number of aryl methyl sites for hydroxylation is 1. The second-order valence-corrected chi connectivity index (χ2v) is 6.15. The third-order valence-electron chi connectivity index (χ3n) is 3.75. The maximum atomic E-state index is 6.20. The summed E-state index contributed by atoms with van der Waals surface area (Å²) >= 11 is 1.73. The molecule has 0 saturated carbocycles. The van der Waals surface area contributed by atoms with E-state index in [4.69, 9.17) is 4.74 Å². The molecule has 0 aliphatic heterocycles. The molecule has 1 unspecified atom stereocenters. The molecule has 0 radical (unpaired) electrons. The quantitative estimate of drug-likeness (QED) is 0.549. The lowest BCUT2D eigenvalue weighted by Gasteiger charge is -2.17. The highest BCUT2D eigenvalue weighted by Crippen LogP contribution is 2.26. The average Bonchev–Trinajstić information content (AvgIpc) is 3.11. The van der Waals surface area contributed by atoms with E-state index in [-0.39, 0.29) is 6.10 Å². The highest BCUT2D eigenvalue weighted by Gasteiger charge is 2.13. The van der Waals surface area contributed by atoms with Crippen LogP contribution in [0.25, 0.3) is 0 Å². The third-order valence-corrected chi connectivity index (χ3v) is 4.45. The van der Waals surface area contributed by atoms with Gasteiger partial charge in [-0.15, -0.1) is 0 Å². The minimum atomic E-state index is 0.159. The van der Waals surface area contributed by atoms with E-state index in [0.717, 1.165) is 12.8 Å². The topological polar surface area (TPSA) is 9.23 Å². The summed E-state index contributed by atoms with van der Waals surface area (Å²) in [5, 5.41) is 4.32. The van der Waals surface area contributed by atoms with Crippen LogP contribution in [0.2, 0.25) is 0 Å². The standard InChI is InChI=1S/C20H20OS/c1-3-7-17(8-4-1)11-12-20(19-13-14-22-16-19)21-15-18-9-5-2-6-10-18/h1-10,13-14,16,20H,11-12,15H2. The number of ether oxygens (including phenoxy) is 1. The lowest BCUT2D eigenvalue weighted by Crippen LogP contribution is -2.05. The third kappa shape index (κ3) is 4.30. The molecule has 22 heavy (non-hydrogen) atoms. The van der Waals surface area contributed by atoms with E-state index < -0.39 is 0 Å². The van der Waals surface area contributed by atoms with E-state index in [1.54, 1.807) is 11.3 Å². The largest absolute Gasteiger partial charge is 0.369 e. The molecule has 0 aliphatic carbocycles. The van der Waals surface area contributed by atoms with Gasteiger partial charge in [-0.3, -0.25) is 0 Å². The number of hydrogen-bond acceptors (Lipinski definition) is 2. The molecule has 0 spiro atoms. The monoisotopic (exact) mass is 308 g/mol. The molecule has 2 aromatic carbocycles. The Morgan fingerprint density at radius 1 is 0.818 bits per heavy atom. The van der Waals surface area contributed by atoms with Crippen molar-refractivity contribution in [3.8, 4) is 0 Å². The minimum Gasteiger partial charge on any atom is -0.369 e. The van der Waals surface area contributed by atoms with Crippen molar-refractivity contribution >= 4 is 11.3 Å². The van der Waals surface area contributed by atoms with Crippen LogP contribution >= 0.6 is 11.3 Å². The van der Waals surface area contributed by atoms with Gasteiger partial charge >= 0.3 is 0 Å². The Hall–Kier alpha value is -1.90. The van der Waals surface area contributed by atoms with Gasteiger partial charge in [-0.2, -0.15) is 11.3 Å². The lowest BCUT2D eigenvalue weighted by atomic mass is 10.0. The summed E-state index contributed by atoms with van der Waals surface area (Å²) < 4.78 is 6.20. The Morgan fingerprint density at radius 3 is 2.14 bits per heavy atom. The Kier molecular flexibility index (Phi) is 5.41. The van der Waals surface area contributed by atoms with Gasteiger partial charge in [-0.05, 0) is 46.4 Å². The van der Waals surface area contributed by atoms with Crippen molar-refractivity contribution in [1.29, 1.82) is 0 Å². The zero-order valence-corrected chi connectivity index (χ0v) is 13.3. The summed E-state index contributed by atoms with van der Waals surface area (Å²) in [6, 6.07) is 23.2. The maximum absolute atomic E-state index is 6.20.